The van der Waals surface area contributed by atoms with Crippen molar-refractivity contribution in [3.8, 4) is 0 Å². The molecule has 0 radical (unpaired) electrons. The minimum Gasteiger partial charge on any atom is -0.447 e. The SMILES string of the molecule is CNC(=O)c1ccc(CN(C)CC(=O)N2CCOC2=O)cc1. The average molecular weight is 305 g/mol. The lowest BCUT2D eigenvalue weighted by Crippen LogP contribution is -2.39. The molecular formula is C15H19N3O4. The minimum atomic E-state index is -0.576. The number of imide groups is 1. The lowest BCUT2D eigenvalue weighted by molar-refractivity contribution is -0.128. The Hall–Kier alpha value is -2.41. The first-order valence-electron chi connectivity index (χ1n) is 6.98. The van der Waals surface area contributed by atoms with Gasteiger partial charge in [0, 0.05) is 19.2 Å². The van der Waals surface area contributed by atoms with Gasteiger partial charge in [-0.15, -0.1) is 0 Å². The van der Waals surface area contributed by atoms with Gasteiger partial charge in [-0.3, -0.25) is 14.5 Å². The molecule has 2 rings (SSSR count). The van der Waals surface area contributed by atoms with Gasteiger partial charge in [0.05, 0.1) is 13.1 Å². The van der Waals surface area contributed by atoms with E-state index < -0.39 is 6.09 Å². The molecule has 22 heavy (non-hydrogen) atoms. The monoisotopic (exact) mass is 305 g/mol. The summed E-state index contributed by atoms with van der Waals surface area (Å²) in [6.07, 6.45) is -0.576. The van der Waals surface area contributed by atoms with Crippen molar-refractivity contribution in [1.29, 1.82) is 0 Å². The summed E-state index contributed by atoms with van der Waals surface area (Å²) in [6.45, 7) is 1.25. The van der Waals surface area contributed by atoms with Crippen LogP contribution >= 0.6 is 0 Å². The van der Waals surface area contributed by atoms with Crippen molar-refractivity contribution < 1.29 is 19.1 Å². The van der Waals surface area contributed by atoms with Crippen LogP contribution in [0.1, 0.15) is 15.9 Å². The number of benzene rings is 1. The minimum absolute atomic E-state index is 0.131. The number of carbonyl (C=O) groups excluding carboxylic acids is 3. The first-order valence-corrected chi connectivity index (χ1v) is 6.98. The topological polar surface area (TPSA) is 79.0 Å². The first-order chi connectivity index (χ1) is 10.5. The molecule has 1 aliphatic heterocycles. The molecule has 118 valence electrons. The highest BCUT2D eigenvalue weighted by Crippen LogP contribution is 2.08. The molecule has 0 bridgehead atoms. The van der Waals surface area contributed by atoms with Crippen LogP contribution in [-0.2, 0) is 16.1 Å². The second-order valence-corrected chi connectivity index (χ2v) is 5.11. The van der Waals surface area contributed by atoms with Crippen molar-refractivity contribution in [2.45, 2.75) is 6.54 Å². The molecule has 0 saturated carbocycles. The summed E-state index contributed by atoms with van der Waals surface area (Å²) < 4.78 is 4.74. The van der Waals surface area contributed by atoms with Crippen LogP contribution in [0.2, 0.25) is 0 Å². The largest absolute Gasteiger partial charge is 0.447 e. The molecule has 1 N–H and O–H groups in total. The summed E-state index contributed by atoms with van der Waals surface area (Å²) in [7, 11) is 3.38. The van der Waals surface area contributed by atoms with Gasteiger partial charge in [0.2, 0.25) is 5.91 Å². The molecule has 0 aliphatic carbocycles. The predicted octanol–water partition coefficient (Wildman–Crippen LogP) is 0.457. The van der Waals surface area contributed by atoms with E-state index in [1.165, 1.54) is 0 Å². The maximum Gasteiger partial charge on any atom is 0.416 e. The number of nitrogens with one attached hydrogen (secondary N) is 1. The van der Waals surface area contributed by atoms with E-state index in [1.807, 2.05) is 17.0 Å². The Morgan fingerprint density at radius 1 is 1.32 bits per heavy atom. The fourth-order valence-corrected chi connectivity index (χ4v) is 2.21. The Labute approximate surface area is 128 Å². The highest BCUT2D eigenvalue weighted by Gasteiger charge is 2.28. The highest BCUT2D eigenvalue weighted by atomic mass is 16.6. The lowest BCUT2D eigenvalue weighted by atomic mass is 10.1. The molecule has 3 amide bonds. The van der Waals surface area contributed by atoms with Crippen molar-refractivity contribution in [3.05, 3.63) is 35.4 Å². The molecule has 0 atom stereocenters. The Kier molecular flexibility index (Phi) is 5.11. The molecule has 1 aromatic rings. The third kappa shape index (κ3) is 3.82. The number of amides is 3. The Balaban J connectivity index is 1.88. The number of cyclic esters (lactones) is 1. The van der Waals surface area contributed by atoms with E-state index in [1.54, 1.807) is 26.2 Å². The van der Waals surface area contributed by atoms with Crippen LogP contribution < -0.4 is 5.32 Å². The summed E-state index contributed by atoms with van der Waals surface area (Å²) in [6, 6.07) is 7.16. The number of carbonyl (C=O) groups is 3. The second-order valence-electron chi connectivity index (χ2n) is 5.11. The molecule has 0 unspecified atom stereocenters. The summed E-state index contributed by atoms with van der Waals surface area (Å²) >= 11 is 0. The van der Waals surface area contributed by atoms with Crippen LogP contribution in [0.15, 0.2) is 24.3 Å². The Morgan fingerprint density at radius 2 is 2.00 bits per heavy atom. The summed E-state index contributed by atoms with van der Waals surface area (Å²) in [5.74, 6) is -0.408. The van der Waals surface area contributed by atoms with E-state index in [4.69, 9.17) is 4.74 Å². The van der Waals surface area contributed by atoms with E-state index >= 15 is 0 Å². The highest BCUT2D eigenvalue weighted by molar-refractivity contribution is 5.94. The Morgan fingerprint density at radius 3 is 2.55 bits per heavy atom. The van der Waals surface area contributed by atoms with Crippen molar-refractivity contribution in [2.24, 2.45) is 0 Å². The average Bonchev–Trinajstić information content (AvgIpc) is 2.93. The van der Waals surface area contributed by atoms with Crippen molar-refractivity contribution >= 4 is 17.9 Å². The van der Waals surface area contributed by atoms with Crippen LogP contribution in [0.5, 0.6) is 0 Å². The van der Waals surface area contributed by atoms with Gasteiger partial charge >= 0.3 is 6.09 Å². The fourth-order valence-electron chi connectivity index (χ4n) is 2.21. The molecule has 1 aromatic carbocycles. The zero-order chi connectivity index (χ0) is 16.1. The summed E-state index contributed by atoms with van der Waals surface area (Å²) in [5, 5.41) is 2.56. The maximum atomic E-state index is 12.0. The van der Waals surface area contributed by atoms with Gasteiger partial charge in [0.25, 0.3) is 5.91 Å². The number of hydrogen-bond donors (Lipinski definition) is 1. The standard InChI is InChI=1S/C15H19N3O4/c1-16-14(20)12-5-3-11(4-6-12)9-17(2)10-13(19)18-7-8-22-15(18)21/h3-6H,7-10H2,1-2H3,(H,16,20). The molecule has 1 saturated heterocycles. The summed E-state index contributed by atoms with van der Waals surface area (Å²) in [4.78, 5) is 37.7. The van der Waals surface area contributed by atoms with Crippen LogP contribution in [0, 0.1) is 0 Å². The third-order valence-electron chi connectivity index (χ3n) is 3.36. The number of rotatable bonds is 5. The summed E-state index contributed by atoms with van der Waals surface area (Å²) in [5.41, 5.74) is 1.57. The molecule has 1 heterocycles. The van der Waals surface area contributed by atoms with Gasteiger partial charge in [0.15, 0.2) is 0 Å². The van der Waals surface area contributed by atoms with E-state index in [0.717, 1.165) is 10.5 Å². The first kappa shape index (κ1) is 16.0. The smallest absolute Gasteiger partial charge is 0.416 e. The molecule has 1 aliphatic rings. The zero-order valence-electron chi connectivity index (χ0n) is 12.7. The normalized spacial score (nSPS) is 14.1. The van der Waals surface area contributed by atoms with Gasteiger partial charge in [-0.25, -0.2) is 9.69 Å². The molecule has 7 nitrogen and oxygen atoms in total. The zero-order valence-corrected chi connectivity index (χ0v) is 12.7. The number of hydrogen-bond acceptors (Lipinski definition) is 5. The quantitative estimate of drug-likeness (QED) is 0.855. The van der Waals surface area contributed by atoms with Gasteiger partial charge in [0.1, 0.15) is 6.61 Å². The fraction of sp³-hybridized carbons (Fsp3) is 0.400. The van der Waals surface area contributed by atoms with Crippen molar-refractivity contribution in [3.63, 3.8) is 0 Å². The molecular weight excluding hydrogens is 286 g/mol. The van der Waals surface area contributed by atoms with Crippen LogP contribution in [0.25, 0.3) is 0 Å². The van der Waals surface area contributed by atoms with Crippen LogP contribution in [-0.4, -0.2) is 61.5 Å². The van der Waals surface area contributed by atoms with Gasteiger partial charge in [-0.2, -0.15) is 0 Å². The van der Waals surface area contributed by atoms with Gasteiger partial charge in [-0.05, 0) is 24.7 Å². The van der Waals surface area contributed by atoms with Crippen molar-refractivity contribution in [2.75, 3.05) is 33.8 Å². The molecule has 7 heteroatoms. The molecule has 1 fully saturated rings. The van der Waals surface area contributed by atoms with E-state index in [2.05, 4.69) is 5.32 Å². The van der Waals surface area contributed by atoms with Crippen molar-refractivity contribution in [1.82, 2.24) is 15.1 Å². The van der Waals surface area contributed by atoms with Crippen LogP contribution in [0.4, 0.5) is 4.79 Å². The van der Waals surface area contributed by atoms with E-state index in [9.17, 15) is 14.4 Å². The lowest BCUT2D eigenvalue weighted by Gasteiger charge is -2.18. The Bertz CT molecular complexity index is 571. The van der Waals surface area contributed by atoms with Gasteiger partial charge < -0.3 is 10.1 Å². The van der Waals surface area contributed by atoms with Crippen LogP contribution in [0.3, 0.4) is 0 Å². The number of ether oxygens (including phenoxy) is 1. The van der Waals surface area contributed by atoms with Gasteiger partial charge in [-0.1, -0.05) is 12.1 Å². The third-order valence-corrected chi connectivity index (χ3v) is 3.36. The molecule has 0 aromatic heterocycles. The van der Waals surface area contributed by atoms with E-state index in [-0.39, 0.29) is 25.0 Å². The second kappa shape index (κ2) is 7.04. The molecule has 0 spiro atoms. The number of likely N-dealkylation sites (N-methyl/N-ethyl adjacent to an activating group) is 1. The number of nitrogens with zero attached hydrogens (tertiary/aromatic N) is 2. The maximum absolute atomic E-state index is 12.0. The van der Waals surface area contributed by atoms with E-state index in [0.29, 0.717) is 18.7 Å². The predicted molar refractivity (Wildman–Crippen MR) is 79.2 cm³/mol.